The van der Waals surface area contributed by atoms with E-state index in [4.69, 9.17) is 0 Å². The van der Waals surface area contributed by atoms with Gasteiger partial charge in [-0.1, -0.05) is 35.0 Å². The molecular formula is C33H36F10N6O2. The van der Waals surface area contributed by atoms with Crippen molar-refractivity contribution in [2.75, 3.05) is 22.9 Å². The Hall–Kier alpha value is -4.64. The number of anilines is 2. The number of aromatic carboxylic acids is 1. The first-order valence-corrected chi connectivity index (χ1v) is 15.4. The number of benzene rings is 2. The lowest BCUT2D eigenvalue weighted by Crippen LogP contribution is -2.32. The van der Waals surface area contributed by atoms with Gasteiger partial charge in [-0.25, -0.2) is 9.18 Å². The van der Waals surface area contributed by atoms with Crippen LogP contribution < -0.4 is 9.80 Å². The molecule has 0 saturated carbocycles. The van der Waals surface area contributed by atoms with E-state index < -0.39 is 59.5 Å². The summed E-state index contributed by atoms with van der Waals surface area (Å²) in [4.78, 5) is 16.0. The molecular weight excluding hydrogens is 702 g/mol. The fourth-order valence-electron chi connectivity index (χ4n) is 5.36. The molecule has 0 saturated heterocycles. The van der Waals surface area contributed by atoms with E-state index in [2.05, 4.69) is 15.4 Å². The summed E-state index contributed by atoms with van der Waals surface area (Å²) in [6.07, 6.45) is -11.5. The van der Waals surface area contributed by atoms with E-state index in [1.54, 1.807) is 9.80 Å². The Bertz CT molecular complexity index is 1740. The number of carboxylic acid groups (broad SMARTS) is 1. The molecule has 280 valence electrons. The monoisotopic (exact) mass is 738 g/mol. The van der Waals surface area contributed by atoms with Crippen LogP contribution in [-0.2, 0) is 19.8 Å². The van der Waals surface area contributed by atoms with E-state index in [0.717, 1.165) is 37.3 Å². The quantitative estimate of drug-likeness (QED) is 0.182. The first-order chi connectivity index (χ1) is 23.5. The van der Waals surface area contributed by atoms with Gasteiger partial charge in [-0.2, -0.15) is 44.3 Å². The number of halogens is 10. The minimum Gasteiger partial charge on any atom is -0.478 e. The van der Waals surface area contributed by atoms with Gasteiger partial charge in [-0.15, -0.1) is 5.10 Å². The molecule has 1 aliphatic heterocycles. The van der Waals surface area contributed by atoms with Crippen molar-refractivity contribution >= 4 is 17.6 Å². The van der Waals surface area contributed by atoms with Gasteiger partial charge in [-0.05, 0) is 80.6 Å². The third-order valence-corrected chi connectivity index (χ3v) is 8.03. The molecule has 8 nitrogen and oxygen atoms in total. The number of tetrazole rings is 1. The number of hydrogen-bond donors (Lipinski definition) is 1. The lowest BCUT2D eigenvalue weighted by molar-refractivity contribution is -0.138. The van der Waals surface area contributed by atoms with E-state index in [0.29, 0.717) is 29.5 Å². The van der Waals surface area contributed by atoms with Crippen LogP contribution in [-0.4, -0.2) is 56.7 Å². The molecule has 4 rings (SSSR count). The highest BCUT2D eigenvalue weighted by Gasteiger charge is 2.37. The molecule has 0 fully saturated rings. The number of hydrogen-bond acceptors (Lipinski definition) is 6. The van der Waals surface area contributed by atoms with Gasteiger partial charge in [0, 0.05) is 30.9 Å². The molecule has 18 heteroatoms. The molecule has 0 bridgehead atoms. The number of fused-ring (bicyclic) bond motifs is 1. The number of alkyl halides is 9. The molecule has 0 spiro atoms. The molecule has 1 aliphatic rings. The third kappa shape index (κ3) is 11.2. The summed E-state index contributed by atoms with van der Waals surface area (Å²) in [7, 11) is 1.51. The number of carbonyl (C=O) groups is 1. The van der Waals surface area contributed by atoms with E-state index in [-0.39, 0.29) is 36.8 Å². The van der Waals surface area contributed by atoms with Crippen LogP contribution in [0.2, 0.25) is 0 Å². The predicted octanol–water partition coefficient (Wildman–Crippen LogP) is 9.14. The Kier molecular flexibility index (Phi) is 12.9. The first kappa shape index (κ1) is 40.8. The van der Waals surface area contributed by atoms with Crippen molar-refractivity contribution in [2.24, 2.45) is 7.05 Å². The average Bonchev–Trinajstić information content (AvgIpc) is 3.37. The Morgan fingerprint density at radius 3 is 2.24 bits per heavy atom. The van der Waals surface area contributed by atoms with E-state index >= 15 is 0 Å². The Morgan fingerprint density at radius 2 is 1.73 bits per heavy atom. The molecule has 51 heavy (non-hydrogen) atoms. The van der Waals surface area contributed by atoms with Crippen molar-refractivity contribution in [3.8, 4) is 0 Å². The zero-order valence-corrected chi connectivity index (χ0v) is 28.2. The second-order valence-electron chi connectivity index (χ2n) is 12.0. The smallest absolute Gasteiger partial charge is 0.416 e. The third-order valence-electron chi connectivity index (χ3n) is 8.03. The highest BCUT2D eigenvalue weighted by Crippen LogP contribution is 2.43. The topological polar surface area (TPSA) is 87.4 Å². The fourth-order valence-corrected chi connectivity index (χ4v) is 5.36. The maximum absolute atomic E-state index is 14.1. The number of nitrogens with zero attached hydrogens (tertiary/aromatic N) is 6. The van der Waals surface area contributed by atoms with Gasteiger partial charge in [0.25, 0.3) is 5.95 Å². The fraction of sp³-hybridized carbons (Fsp3) is 0.455. The summed E-state index contributed by atoms with van der Waals surface area (Å²) in [5, 5.41) is 21.5. The Balaban J connectivity index is 0.000000783. The largest absolute Gasteiger partial charge is 0.478 e. The maximum Gasteiger partial charge on any atom is 0.416 e. The van der Waals surface area contributed by atoms with Crippen LogP contribution in [0.3, 0.4) is 0 Å². The van der Waals surface area contributed by atoms with Crippen molar-refractivity contribution in [2.45, 2.75) is 78.1 Å². The standard InChI is InChI=1S/C28H29F7N6O2.C5H7F3/c1-16(8-9-27(30,31)32)14-41(26-36-38-39(3)37-26)23-5-4-10-40(15-18-6-7-22(29)19(12-18)25(42)43)24-13-21(28(33,34)35)17(2)11-20(23)24;1-3-4(2)5(6,7)8/h6-8,11-13,23H,4-5,9-10,14-15H2,1-3H3,(H,42,43);3H,1-2H3/b16-8+;4-3+. The molecule has 2 heterocycles. The number of allylic oxidation sites excluding steroid dienone is 3. The van der Waals surface area contributed by atoms with Crippen LogP contribution in [0.1, 0.15) is 78.7 Å². The molecule has 3 aromatic rings. The average molecular weight is 739 g/mol. The maximum atomic E-state index is 14.1. The van der Waals surface area contributed by atoms with Crippen molar-refractivity contribution < 1.29 is 53.8 Å². The molecule has 1 aromatic heterocycles. The van der Waals surface area contributed by atoms with Gasteiger partial charge in [0.1, 0.15) is 5.82 Å². The Labute approximate surface area is 287 Å². The van der Waals surface area contributed by atoms with E-state index in [1.165, 1.54) is 44.7 Å². The molecule has 0 radical (unpaired) electrons. The van der Waals surface area contributed by atoms with Crippen LogP contribution in [0.25, 0.3) is 0 Å². The Morgan fingerprint density at radius 1 is 1.06 bits per heavy atom. The lowest BCUT2D eigenvalue weighted by Gasteiger charge is -2.33. The highest BCUT2D eigenvalue weighted by atomic mass is 19.4. The van der Waals surface area contributed by atoms with Crippen LogP contribution in [0, 0.1) is 12.7 Å². The summed E-state index contributed by atoms with van der Waals surface area (Å²) in [5.41, 5.74) is -0.646. The lowest BCUT2D eigenvalue weighted by atomic mass is 9.94. The van der Waals surface area contributed by atoms with E-state index in [1.807, 2.05) is 0 Å². The van der Waals surface area contributed by atoms with Crippen LogP contribution in [0.15, 0.2) is 53.6 Å². The van der Waals surface area contributed by atoms with Crippen molar-refractivity contribution in [1.82, 2.24) is 20.2 Å². The van der Waals surface area contributed by atoms with E-state index in [9.17, 15) is 53.8 Å². The van der Waals surface area contributed by atoms with Gasteiger partial charge in [0.05, 0.1) is 30.6 Å². The van der Waals surface area contributed by atoms with Gasteiger partial charge < -0.3 is 14.9 Å². The molecule has 0 amide bonds. The van der Waals surface area contributed by atoms with Gasteiger partial charge in [-0.3, -0.25) is 0 Å². The van der Waals surface area contributed by atoms with Crippen molar-refractivity contribution in [1.29, 1.82) is 0 Å². The summed E-state index contributed by atoms with van der Waals surface area (Å²) >= 11 is 0. The second-order valence-corrected chi connectivity index (χ2v) is 12.0. The van der Waals surface area contributed by atoms with Crippen LogP contribution in [0.5, 0.6) is 0 Å². The van der Waals surface area contributed by atoms with Gasteiger partial charge >= 0.3 is 24.5 Å². The molecule has 1 atom stereocenters. The second kappa shape index (κ2) is 16.1. The first-order valence-electron chi connectivity index (χ1n) is 15.4. The molecule has 1 N–H and O–H groups in total. The molecule has 0 aliphatic carbocycles. The SMILES string of the molecule is C/C(=C\CC(F)(F)F)CN(c1nnn(C)n1)C1CCCN(Cc2ccc(F)c(C(=O)O)c2)c2cc(C(F)(F)F)c(C)cc21.C/C=C(\C)C(F)(F)F. The van der Waals surface area contributed by atoms with Crippen molar-refractivity contribution in [3.63, 3.8) is 0 Å². The molecule has 2 aromatic carbocycles. The molecule has 1 unspecified atom stereocenters. The number of aryl methyl sites for hydroxylation is 2. The van der Waals surface area contributed by atoms with Gasteiger partial charge in [0.15, 0.2) is 0 Å². The zero-order valence-electron chi connectivity index (χ0n) is 28.2. The number of carboxylic acids is 1. The zero-order chi connectivity index (χ0) is 38.5. The van der Waals surface area contributed by atoms with Crippen LogP contribution >= 0.6 is 0 Å². The van der Waals surface area contributed by atoms with Gasteiger partial charge in [0.2, 0.25) is 0 Å². The summed E-state index contributed by atoms with van der Waals surface area (Å²) in [6, 6.07) is 5.29. The summed E-state index contributed by atoms with van der Waals surface area (Å²) in [6.45, 7) is 5.44. The van der Waals surface area contributed by atoms with Crippen molar-refractivity contribution in [3.05, 3.63) is 87.3 Å². The van der Waals surface area contributed by atoms with Crippen LogP contribution in [0.4, 0.5) is 55.5 Å². The normalized spacial score (nSPS) is 15.9. The number of rotatable bonds is 8. The minimum absolute atomic E-state index is 0.0193. The predicted molar refractivity (Wildman–Crippen MR) is 169 cm³/mol. The number of aromatic nitrogens is 4. The highest BCUT2D eigenvalue weighted by molar-refractivity contribution is 5.88. The minimum atomic E-state index is -4.68. The summed E-state index contributed by atoms with van der Waals surface area (Å²) in [5.74, 6) is -2.33. The summed E-state index contributed by atoms with van der Waals surface area (Å²) < 4.78 is 129.